The maximum absolute atomic E-state index is 14.3. The van der Waals surface area contributed by atoms with Gasteiger partial charge in [0.05, 0.1) is 35.8 Å². The van der Waals surface area contributed by atoms with E-state index in [0.717, 1.165) is 12.1 Å². The number of hydrogen-bond donors (Lipinski definition) is 2. The average molecular weight is 608 g/mol. The standard InChI is InChI=1S/C24H20Cl2F5N5O4/c25-20-18(21(26)34-33-20)17(37)10-35(9-11-5-13(27)7-14(28)6-11)22(38)16-8-32-36(19(16)24(29,30)31)15-3-1-12(2-4-15)23(39)40/h5-8,12,15H,1-4,9-10H2,(H,33,34)(H,39,40). The number of halogens is 7. The molecule has 9 nitrogen and oxygen atoms in total. The summed E-state index contributed by atoms with van der Waals surface area (Å²) in [6, 6.07) is 1.46. The van der Waals surface area contributed by atoms with E-state index in [9.17, 15) is 41.4 Å². The van der Waals surface area contributed by atoms with E-state index in [1.807, 2.05) is 0 Å². The summed E-state index contributed by atoms with van der Waals surface area (Å²) in [6.45, 7) is -1.53. The van der Waals surface area contributed by atoms with Gasteiger partial charge in [0, 0.05) is 12.6 Å². The predicted molar refractivity (Wildman–Crippen MR) is 130 cm³/mol. The Hall–Kier alpha value is -3.52. The number of benzene rings is 1. The number of carbonyl (C=O) groups excluding carboxylic acids is 2. The molecule has 0 bridgehead atoms. The fraction of sp³-hybridized carbons (Fsp3) is 0.375. The summed E-state index contributed by atoms with van der Waals surface area (Å²) >= 11 is 11.8. The van der Waals surface area contributed by atoms with Crippen LogP contribution in [0.4, 0.5) is 22.0 Å². The molecule has 1 amide bonds. The first-order valence-corrected chi connectivity index (χ1v) is 12.6. The first kappa shape index (κ1) is 29.5. The number of aromatic nitrogens is 4. The second-order valence-corrected chi connectivity index (χ2v) is 9.99. The number of amides is 1. The molecule has 0 spiro atoms. The van der Waals surface area contributed by atoms with Crippen molar-refractivity contribution in [2.24, 2.45) is 5.92 Å². The first-order valence-electron chi connectivity index (χ1n) is 11.8. The summed E-state index contributed by atoms with van der Waals surface area (Å²) in [5.74, 6) is -5.95. The number of carbonyl (C=O) groups is 3. The van der Waals surface area contributed by atoms with Crippen LogP contribution >= 0.6 is 23.2 Å². The van der Waals surface area contributed by atoms with Crippen molar-refractivity contribution in [1.82, 2.24) is 24.9 Å². The minimum atomic E-state index is -5.07. The highest BCUT2D eigenvalue weighted by Gasteiger charge is 2.43. The first-order chi connectivity index (χ1) is 18.8. The molecule has 16 heteroatoms. The third kappa shape index (κ3) is 6.28. The lowest BCUT2D eigenvalue weighted by atomic mass is 9.86. The Bertz CT molecular complexity index is 1410. The van der Waals surface area contributed by atoms with Gasteiger partial charge < -0.3 is 10.0 Å². The van der Waals surface area contributed by atoms with Crippen molar-refractivity contribution in [1.29, 1.82) is 0 Å². The molecule has 3 aromatic rings. The Balaban J connectivity index is 1.71. The highest BCUT2D eigenvalue weighted by atomic mass is 35.5. The van der Waals surface area contributed by atoms with Crippen molar-refractivity contribution in [3.05, 3.63) is 68.7 Å². The van der Waals surface area contributed by atoms with Crippen molar-refractivity contribution in [2.75, 3.05) is 6.54 Å². The second kappa shape index (κ2) is 11.5. The van der Waals surface area contributed by atoms with Crippen LogP contribution in [-0.4, -0.2) is 54.2 Å². The number of hydrogen-bond acceptors (Lipinski definition) is 5. The molecule has 0 atom stereocenters. The van der Waals surface area contributed by atoms with Gasteiger partial charge in [0.25, 0.3) is 5.91 Å². The molecule has 40 heavy (non-hydrogen) atoms. The molecule has 0 saturated heterocycles. The number of nitrogens with one attached hydrogen (secondary N) is 1. The topological polar surface area (TPSA) is 121 Å². The van der Waals surface area contributed by atoms with E-state index in [0.29, 0.717) is 21.8 Å². The SMILES string of the molecule is O=C(CN(Cc1cc(F)cc(F)c1)C(=O)c1cnn(C2CCC(C(=O)O)CC2)c1C(F)(F)F)c1c(Cl)n[nH]c1Cl. The third-order valence-corrected chi connectivity index (χ3v) is 7.11. The summed E-state index contributed by atoms with van der Waals surface area (Å²) in [7, 11) is 0. The van der Waals surface area contributed by atoms with Crippen molar-refractivity contribution < 1.29 is 41.4 Å². The fourth-order valence-electron chi connectivity index (χ4n) is 4.73. The van der Waals surface area contributed by atoms with Crippen LogP contribution in [0.5, 0.6) is 0 Å². The van der Waals surface area contributed by atoms with Crippen LogP contribution in [0.1, 0.15) is 63.7 Å². The van der Waals surface area contributed by atoms with Crippen LogP contribution in [0.15, 0.2) is 24.4 Å². The third-order valence-electron chi connectivity index (χ3n) is 6.56. The van der Waals surface area contributed by atoms with Gasteiger partial charge in [-0.2, -0.15) is 23.4 Å². The summed E-state index contributed by atoms with van der Waals surface area (Å²) < 4.78 is 71.3. The molecule has 214 valence electrons. The number of aliphatic carboxylic acids is 1. The lowest BCUT2D eigenvalue weighted by Gasteiger charge is -2.28. The number of alkyl halides is 3. The molecule has 1 aromatic carbocycles. The number of carboxylic acids is 1. The molecule has 1 aliphatic rings. The lowest BCUT2D eigenvalue weighted by molar-refractivity contribution is -0.147. The lowest BCUT2D eigenvalue weighted by Crippen LogP contribution is -2.37. The molecule has 2 aromatic heterocycles. The van der Waals surface area contributed by atoms with Crippen LogP contribution < -0.4 is 0 Å². The van der Waals surface area contributed by atoms with Gasteiger partial charge >= 0.3 is 12.1 Å². The normalized spacial score (nSPS) is 17.6. The molecule has 1 aliphatic carbocycles. The summed E-state index contributed by atoms with van der Waals surface area (Å²) in [5.41, 5.74) is -2.76. The van der Waals surface area contributed by atoms with E-state index in [-0.39, 0.29) is 47.1 Å². The maximum Gasteiger partial charge on any atom is 0.433 e. The number of ketones is 1. The Labute approximate surface area is 232 Å². The van der Waals surface area contributed by atoms with Crippen LogP contribution in [0.25, 0.3) is 0 Å². The molecule has 1 saturated carbocycles. The summed E-state index contributed by atoms with van der Waals surface area (Å²) in [6.07, 6.45) is -3.95. The van der Waals surface area contributed by atoms with Gasteiger partial charge in [0.1, 0.15) is 16.8 Å². The largest absolute Gasteiger partial charge is 0.481 e. The van der Waals surface area contributed by atoms with Gasteiger partial charge in [-0.3, -0.25) is 24.2 Å². The summed E-state index contributed by atoms with van der Waals surface area (Å²) in [4.78, 5) is 38.5. The quantitative estimate of drug-likeness (QED) is 0.256. The zero-order valence-corrected chi connectivity index (χ0v) is 21.8. The Morgan fingerprint density at radius 1 is 1.07 bits per heavy atom. The maximum atomic E-state index is 14.3. The number of H-pyrrole nitrogens is 1. The van der Waals surface area contributed by atoms with E-state index in [2.05, 4.69) is 15.3 Å². The molecule has 4 rings (SSSR count). The van der Waals surface area contributed by atoms with Crippen molar-refractivity contribution >= 4 is 40.9 Å². The molecular weight excluding hydrogens is 588 g/mol. The van der Waals surface area contributed by atoms with Gasteiger partial charge in [-0.1, -0.05) is 23.2 Å². The smallest absolute Gasteiger partial charge is 0.433 e. The monoisotopic (exact) mass is 607 g/mol. The zero-order chi connectivity index (χ0) is 29.4. The zero-order valence-electron chi connectivity index (χ0n) is 20.3. The van der Waals surface area contributed by atoms with E-state index in [1.165, 1.54) is 0 Å². The molecule has 2 N–H and O–H groups in total. The van der Waals surface area contributed by atoms with E-state index in [1.54, 1.807) is 0 Å². The van der Waals surface area contributed by atoms with Crippen molar-refractivity contribution in [2.45, 2.75) is 44.4 Å². The molecular formula is C24H20Cl2F5N5O4. The average Bonchev–Trinajstić information content (AvgIpc) is 3.46. The van der Waals surface area contributed by atoms with E-state index in [4.69, 9.17) is 23.2 Å². The fourth-order valence-corrected chi connectivity index (χ4v) is 5.26. The van der Waals surface area contributed by atoms with Crippen LogP contribution in [0, 0.1) is 17.6 Å². The second-order valence-electron chi connectivity index (χ2n) is 9.26. The van der Waals surface area contributed by atoms with E-state index < -0.39 is 71.8 Å². The van der Waals surface area contributed by atoms with Crippen molar-refractivity contribution in [3.63, 3.8) is 0 Å². The number of Topliss-reactive ketones (excluding diaryl/α,β-unsaturated/α-hetero) is 1. The van der Waals surface area contributed by atoms with Crippen molar-refractivity contribution in [3.8, 4) is 0 Å². The van der Waals surface area contributed by atoms with E-state index >= 15 is 0 Å². The van der Waals surface area contributed by atoms with Crippen LogP contribution in [0.2, 0.25) is 10.3 Å². The molecule has 0 unspecified atom stereocenters. The molecule has 2 heterocycles. The van der Waals surface area contributed by atoms with Gasteiger partial charge in [0.2, 0.25) is 0 Å². The highest BCUT2D eigenvalue weighted by molar-refractivity contribution is 6.38. The highest BCUT2D eigenvalue weighted by Crippen LogP contribution is 2.39. The summed E-state index contributed by atoms with van der Waals surface area (Å²) in [5, 5.41) is 18.2. The van der Waals surface area contributed by atoms with Crippen LogP contribution in [0.3, 0.4) is 0 Å². The van der Waals surface area contributed by atoms with Gasteiger partial charge in [-0.05, 0) is 43.4 Å². The van der Waals surface area contributed by atoms with Crippen LogP contribution in [-0.2, 0) is 17.5 Å². The molecule has 1 fully saturated rings. The Morgan fingerprint density at radius 2 is 1.70 bits per heavy atom. The minimum Gasteiger partial charge on any atom is -0.481 e. The minimum absolute atomic E-state index is 0.0810. The van der Waals surface area contributed by atoms with Gasteiger partial charge in [-0.15, -0.1) is 0 Å². The van der Waals surface area contributed by atoms with Gasteiger partial charge in [0.15, 0.2) is 16.6 Å². The molecule has 0 radical (unpaired) electrons. The Kier molecular flexibility index (Phi) is 8.49. The number of aromatic amines is 1. The number of rotatable bonds is 8. The van der Waals surface area contributed by atoms with Gasteiger partial charge in [-0.25, -0.2) is 8.78 Å². The number of nitrogens with zero attached hydrogens (tertiary/aromatic N) is 4. The Morgan fingerprint density at radius 3 is 2.23 bits per heavy atom. The molecule has 0 aliphatic heterocycles. The predicted octanol–water partition coefficient (Wildman–Crippen LogP) is 5.55. The number of carboxylic acid groups (broad SMARTS) is 1.